The standard InChI is InChI=1S/2C7H6O2.Cu.H2O/c2*8-7(9)6-4-2-1-3-5-6;;/h2*1-5H,(H,8,9);;1H2/q;;+2;/p-2. The van der Waals surface area contributed by atoms with Crippen LogP contribution in [-0.2, 0) is 17.1 Å². The first-order chi connectivity index (χ1) is 8.61. The summed E-state index contributed by atoms with van der Waals surface area (Å²) in [5, 5.41) is 20.2. The minimum Gasteiger partial charge on any atom is -0.545 e. The maximum absolute atomic E-state index is 10.1. The molecule has 1 radical (unpaired) electrons. The molecule has 0 saturated heterocycles. The second kappa shape index (κ2) is 10.8. The van der Waals surface area contributed by atoms with E-state index in [9.17, 15) is 19.8 Å². The number of hydrogen-bond acceptors (Lipinski definition) is 4. The Labute approximate surface area is 126 Å². The van der Waals surface area contributed by atoms with Gasteiger partial charge >= 0.3 is 17.1 Å². The smallest absolute Gasteiger partial charge is 0.545 e. The largest absolute Gasteiger partial charge is 2.00 e. The molecule has 0 atom stereocenters. The average molecular weight is 324 g/mol. The van der Waals surface area contributed by atoms with E-state index in [0.717, 1.165) is 0 Å². The van der Waals surface area contributed by atoms with Crippen molar-refractivity contribution >= 4 is 11.9 Å². The maximum atomic E-state index is 10.1. The van der Waals surface area contributed by atoms with Gasteiger partial charge in [0.15, 0.2) is 0 Å². The number of carbonyl (C=O) groups is 2. The molecule has 0 aliphatic carbocycles. The molecule has 2 aromatic rings. The van der Waals surface area contributed by atoms with Gasteiger partial charge in [0, 0.05) is 0 Å². The van der Waals surface area contributed by atoms with E-state index >= 15 is 0 Å². The molecular weight excluding hydrogens is 312 g/mol. The summed E-state index contributed by atoms with van der Waals surface area (Å²) in [4.78, 5) is 20.2. The van der Waals surface area contributed by atoms with Crippen molar-refractivity contribution in [1.82, 2.24) is 0 Å². The van der Waals surface area contributed by atoms with E-state index in [1.165, 1.54) is 24.3 Å². The number of carboxylic acid groups (broad SMARTS) is 2. The summed E-state index contributed by atoms with van der Waals surface area (Å²) >= 11 is 0. The predicted octanol–water partition coefficient (Wildman–Crippen LogP) is -0.727. The quantitative estimate of drug-likeness (QED) is 0.678. The Hall–Kier alpha value is -2.14. The van der Waals surface area contributed by atoms with E-state index in [1.54, 1.807) is 36.4 Å². The second-order valence-corrected chi connectivity index (χ2v) is 3.31. The summed E-state index contributed by atoms with van der Waals surface area (Å²) in [6.07, 6.45) is 0. The molecular formula is C14H12CuO5. The van der Waals surface area contributed by atoms with E-state index in [1.807, 2.05) is 0 Å². The summed E-state index contributed by atoms with van der Waals surface area (Å²) in [6.45, 7) is 0. The molecule has 0 aliphatic rings. The molecule has 0 bridgehead atoms. The van der Waals surface area contributed by atoms with E-state index in [0.29, 0.717) is 0 Å². The summed E-state index contributed by atoms with van der Waals surface area (Å²) in [6, 6.07) is 16.1. The van der Waals surface area contributed by atoms with Crippen LogP contribution in [0.1, 0.15) is 20.7 Å². The topological polar surface area (TPSA) is 112 Å². The van der Waals surface area contributed by atoms with E-state index in [4.69, 9.17) is 0 Å². The monoisotopic (exact) mass is 323 g/mol. The minimum absolute atomic E-state index is 0. The van der Waals surface area contributed by atoms with Gasteiger partial charge in [-0.25, -0.2) is 0 Å². The van der Waals surface area contributed by atoms with Crippen molar-refractivity contribution < 1.29 is 42.3 Å². The molecule has 0 amide bonds. The third-order valence-electron chi connectivity index (χ3n) is 2.02. The maximum Gasteiger partial charge on any atom is 2.00 e. The SMILES string of the molecule is O.O=C([O-])c1ccccc1.O=C([O-])c1ccccc1.[Cu+2]. The van der Waals surface area contributed by atoms with Crippen molar-refractivity contribution in [3.05, 3.63) is 71.8 Å². The van der Waals surface area contributed by atoms with Gasteiger partial charge < -0.3 is 25.3 Å². The Morgan fingerprint density at radius 2 is 0.900 bits per heavy atom. The summed E-state index contributed by atoms with van der Waals surface area (Å²) in [7, 11) is 0. The average Bonchev–Trinajstić information content (AvgIpc) is 2.41. The number of rotatable bonds is 2. The normalized spacial score (nSPS) is 8.00. The Balaban J connectivity index is 0. The summed E-state index contributed by atoms with van der Waals surface area (Å²) in [5.41, 5.74) is 0.440. The van der Waals surface area contributed by atoms with Crippen molar-refractivity contribution in [3.8, 4) is 0 Å². The Kier molecular flexibility index (Phi) is 10.9. The molecule has 0 spiro atoms. The number of carbonyl (C=O) groups excluding carboxylic acids is 2. The van der Waals surface area contributed by atoms with Crippen LogP contribution >= 0.6 is 0 Å². The summed E-state index contributed by atoms with van der Waals surface area (Å²) < 4.78 is 0. The molecule has 0 heterocycles. The number of carboxylic acids is 2. The molecule has 2 aromatic carbocycles. The fraction of sp³-hybridized carbons (Fsp3) is 0. The number of hydrogen-bond donors (Lipinski definition) is 0. The van der Waals surface area contributed by atoms with Crippen molar-refractivity contribution in [2.24, 2.45) is 0 Å². The molecule has 6 heteroatoms. The van der Waals surface area contributed by atoms with Crippen LogP contribution in [0.5, 0.6) is 0 Å². The minimum atomic E-state index is -1.13. The molecule has 5 nitrogen and oxygen atoms in total. The van der Waals surface area contributed by atoms with Crippen LogP contribution in [0.15, 0.2) is 60.7 Å². The molecule has 0 saturated carbocycles. The first-order valence-electron chi connectivity index (χ1n) is 5.14. The van der Waals surface area contributed by atoms with Gasteiger partial charge in [-0.1, -0.05) is 60.7 Å². The van der Waals surface area contributed by atoms with Gasteiger partial charge in [0.1, 0.15) is 0 Å². The van der Waals surface area contributed by atoms with Gasteiger partial charge in [-0.05, 0) is 11.1 Å². The first-order valence-corrected chi connectivity index (χ1v) is 5.14. The molecule has 0 unspecified atom stereocenters. The van der Waals surface area contributed by atoms with Crippen LogP contribution in [0, 0.1) is 0 Å². The molecule has 0 aromatic heterocycles. The van der Waals surface area contributed by atoms with E-state index in [-0.39, 0.29) is 33.7 Å². The van der Waals surface area contributed by atoms with Crippen molar-refractivity contribution in [1.29, 1.82) is 0 Å². The van der Waals surface area contributed by atoms with Crippen LogP contribution in [0.25, 0.3) is 0 Å². The Morgan fingerprint density at radius 1 is 0.650 bits per heavy atom. The zero-order valence-corrected chi connectivity index (χ0v) is 11.1. The molecule has 0 fully saturated rings. The third-order valence-corrected chi connectivity index (χ3v) is 2.02. The van der Waals surface area contributed by atoms with Crippen molar-refractivity contribution in [2.75, 3.05) is 0 Å². The van der Waals surface area contributed by atoms with Crippen LogP contribution < -0.4 is 10.2 Å². The first kappa shape index (κ1) is 20.2. The van der Waals surface area contributed by atoms with Gasteiger partial charge in [-0.15, -0.1) is 0 Å². The fourth-order valence-corrected chi connectivity index (χ4v) is 1.15. The van der Waals surface area contributed by atoms with Crippen LogP contribution in [0.4, 0.5) is 0 Å². The number of aromatic carboxylic acids is 2. The van der Waals surface area contributed by atoms with Gasteiger partial charge in [-0.2, -0.15) is 0 Å². The Bertz CT molecular complexity index is 464. The van der Waals surface area contributed by atoms with Gasteiger partial charge in [-0.3, -0.25) is 0 Å². The number of benzene rings is 2. The molecule has 0 aliphatic heterocycles. The molecule has 20 heavy (non-hydrogen) atoms. The zero-order valence-electron chi connectivity index (χ0n) is 10.2. The zero-order chi connectivity index (χ0) is 13.4. The van der Waals surface area contributed by atoms with Crippen LogP contribution in [0.2, 0.25) is 0 Å². The van der Waals surface area contributed by atoms with Gasteiger partial charge in [0.05, 0.1) is 11.9 Å². The van der Waals surface area contributed by atoms with Gasteiger partial charge in [0.25, 0.3) is 0 Å². The van der Waals surface area contributed by atoms with Crippen molar-refractivity contribution in [2.45, 2.75) is 0 Å². The fourth-order valence-electron chi connectivity index (χ4n) is 1.15. The third kappa shape index (κ3) is 7.33. The molecule has 2 N–H and O–H groups in total. The van der Waals surface area contributed by atoms with Gasteiger partial charge in [0.2, 0.25) is 0 Å². The van der Waals surface area contributed by atoms with E-state index < -0.39 is 11.9 Å². The van der Waals surface area contributed by atoms with Crippen LogP contribution in [0.3, 0.4) is 0 Å². The molecule has 109 valence electrons. The second-order valence-electron chi connectivity index (χ2n) is 3.31. The van der Waals surface area contributed by atoms with Crippen LogP contribution in [-0.4, -0.2) is 17.4 Å². The predicted molar refractivity (Wildman–Crippen MR) is 65.2 cm³/mol. The summed E-state index contributed by atoms with van der Waals surface area (Å²) in [5.74, 6) is -2.26. The van der Waals surface area contributed by atoms with Crippen molar-refractivity contribution in [3.63, 3.8) is 0 Å². The van der Waals surface area contributed by atoms with E-state index in [2.05, 4.69) is 0 Å². The Morgan fingerprint density at radius 3 is 1.05 bits per heavy atom. The molecule has 2 rings (SSSR count).